The van der Waals surface area contributed by atoms with E-state index in [0.717, 1.165) is 27.5 Å². The number of amides is 1. The van der Waals surface area contributed by atoms with E-state index in [9.17, 15) is 4.79 Å². The van der Waals surface area contributed by atoms with Crippen molar-refractivity contribution in [2.45, 2.75) is 25.7 Å². The summed E-state index contributed by atoms with van der Waals surface area (Å²) >= 11 is 4.83. The molecular formula is C11H14BrNOS. The lowest BCUT2D eigenvalue weighted by Gasteiger charge is -2.02. The van der Waals surface area contributed by atoms with Gasteiger partial charge in [0.1, 0.15) is 0 Å². The first-order valence-corrected chi connectivity index (χ1v) is 6.90. The summed E-state index contributed by atoms with van der Waals surface area (Å²) in [5.74, 6) is 1.01. The van der Waals surface area contributed by atoms with Crippen molar-refractivity contribution in [2.24, 2.45) is 5.92 Å². The minimum atomic E-state index is 0.0569. The predicted octanol–water partition coefficient (Wildman–Crippen LogP) is 3.43. The highest BCUT2D eigenvalue weighted by Gasteiger charge is 2.20. The van der Waals surface area contributed by atoms with Crippen LogP contribution in [0, 0.1) is 5.92 Å². The minimum Gasteiger partial charge on any atom is -0.351 e. The van der Waals surface area contributed by atoms with Crippen molar-refractivity contribution in [3.8, 4) is 0 Å². The van der Waals surface area contributed by atoms with Crippen LogP contribution in [-0.2, 0) is 0 Å². The summed E-state index contributed by atoms with van der Waals surface area (Å²) in [6.07, 6.45) is 5.18. The van der Waals surface area contributed by atoms with E-state index in [-0.39, 0.29) is 5.91 Å². The molecule has 0 aromatic carbocycles. The molecule has 1 N–H and O–H groups in total. The van der Waals surface area contributed by atoms with Gasteiger partial charge in [-0.2, -0.15) is 0 Å². The molecule has 0 aliphatic heterocycles. The van der Waals surface area contributed by atoms with Gasteiger partial charge in [-0.1, -0.05) is 12.8 Å². The van der Waals surface area contributed by atoms with Gasteiger partial charge in [-0.15, -0.1) is 11.3 Å². The first-order chi connectivity index (χ1) is 7.25. The Bertz CT molecular complexity index is 346. The van der Waals surface area contributed by atoms with E-state index >= 15 is 0 Å². The molecule has 0 spiro atoms. The van der Waals surface area contributed by atoms with E-state index in [1.807, 2.05) is 12.1 Å². The summed E-state index contributed by atoms with van der Waals surface area (Å²) in [6.45, 7) is 0.810. The van der Waals surface area contributed by atoms with Gasteiger partial charge in [0.2, 0.25) is 0 Å². The van der Waals surface area contributed by atoms with Gasteiger partial charge in [0.25, 0.3) is 5.91 Å². The normalized spacial score (nSPS) is 15.3. The van der Waals surface area contributed by atoms with Crippen LogP contribution >= 0.6 is 27.3 Å². The van der Waals surface area contributed by atoms with Gasteiger partial charge >= 0.3 is 0 Å². The minimum absolute atomic E-state index is 0.0569. The van der Waals surface area contributed by atoms with Crippen LogP contribution in [0.15, 0.2) is 15.9 Å². The lowest BCUT2D eigenvalue weighted by molar-refractivity contribution is 0.0957. The average molecular weight is 288 g/mol. The predicted molar refractivity (Wildman–Crippen MR) is 66.3 cm³/mol. The highest BCUT2D eigenvalue weighted by Crippen LogP contribution is 2.33. The summed E-state index contributed by atoms with van der Waals surface area (Å²) in [7, 11) is 0. The Hall–Kier alpha value is -0.350. The first kappa shape index (κ1) is 11.1. The smallest absolute Gasteiger partial charge is 0.261 e. The quantitative estimate of drug-likeness (QED) is 0.826. The van der Waals surface area contributed by atoms with Gasteiger partial charge in [0, 0.05) is 6.54 Å². The van der Waals surface area contributed by atoms with Crippen LogP contribution in [0.25, 0.3) is 0 Å². The molecule has 82 valence electrons. The molecule has 1 amide bonds. The third-order valence-corrected chi connectivity index (χ3v) is 4.19. The van der Waals surface area contributed by atoms with E-state index < -0.39 is 0 Å². The molecule has 1 aliphatic rings. The highest BCUT2D eigenvalue weighted by molar-refractivity contribution is 9.11. The second-order valence-corrected chi connectivity index (χ2v) is 6.41. The molecule has 1 aromatic heterocycles. The number of hydrogen-bond donors (Lipinski definition) is 1. The molecular weight excluding hydrogens is 274 g/mol. The SMILES string of the molecule is O=C(NCCCC1CC1)c1ccc(Br)s1. The number of carbonyl (C=O) groups is 1. The van der Waals surface area contributed by atoms with Crippen LogP contribution in [0.3, 0.4) is 0 Å². The molecule has 1 saturated carbocycles. The van der Waals surface area contributed by atoms with Crippen LogP contribution in [0.5, 0.6) is 0 Å². The van der Waals surface area contributed by atoms with Crippen LogP contribution in [-0.4, -0.2) is 12.5 Å². The second-order valence-electron chi connectivity index (χ2n) is 3.95. The van der Waals surface area contributed by atoms with Crippen molar-refractivity contribution in [2.75, 3.05) is 6.54 Å². The molecule has 2 nitrogen and oxygen atoms in total. The average Bonchev–Trinajstić information content (AvgIpc) is 2.94. The number of thiophene rings is 1. The number of halogens is 1. The third kappa shape index (κ3) is 3.61. The molecule has 1 heterocycles. The van der Waals surface area contributed by atoms with Crippen molar-refractivity contribution in [3.05, 3.63) is 20.8 Å². The molecule has 0 atom stereocenters. The van der Waals surface area contributed by atoms with Crippen molar-refractivity contribution in [1.82, 2.24) is 5.32 Å². The molecule has 0 bridgehead atoms. The number of hydrogen-bond acceptors (Lipinski definition) is 2. The van der Waals surface area contributed by atoms with E-state index in [4.69, 9.17) is 0 Å². The summed E-state index contributed by atoms with van der Waals surface area (Å²) in [5.41, 5.74) is 0. The van der Waals surface area contributed by atoms with Crippen molar-refractivity contribution in [1.29, 1.82) is 0 Å². The fourth-order valence-corrected chi connectivity index (χ4v) is 2.83. The molecule has 2 rings (SSSR count). The van der Waals surface area contributed by atoms with Crippen molar-refractivity contribution < 1.29 is 4.79 Å². The van der Waals surface area contributed by atoms with Crippen LogP contribution in [0.2, 0.25) is 0 Å². The van der Waals surface area contributed by atoms with Crippen LogP contribution in [0.4, 0.5) is 0 Å². The van der Waals surface area contributed by atoms with E-state index in [2.05, 4.69) is 21.2 Å². The van der Waals surface area contributed by atoms with Crippen molar-refractivity contribution >= 4 is 33.2 Å². The molecule has 0 radical (unpaired) electrons. The maximum Gasteiger partial charge on any atom is 0.261 e. The summed E-state index contributed by atoms with van der Waals surface area (Å²) in [6, 6.07) is 3.76. The Morgan fingerprint density at radius 3 is 2.93 bits per heavy atom. The molecule has 0 unspecified atom stereocenters. The largest absolute Gasteiger partial charge is 0.351 e. The maximum atomic E-state index is 11.6. The Balaban J connectivity index is 1.67. The zero-order chi connectivity index (χ0) is 10.7. The standard InChI is InChI=1S/C11H14BrNOS/c12-10-6-5-9(15-10)11(14)13-7-1-2-8-3-4-8/h5-6,8H,1-4,7H2,(H,13,14). The zero-order valence-corrected chi connectivity index (χ0v) is 10.9. The summed E-state index contributed by atoms with van der Waals surface area (Å²) in [5, 5.41) is 2.95. The van der Waals surface area contributed by atoms with Crippen LogP contribution in [0.1, 0.15) is 35.4 Å². The van der Waals surface area contributed by atoms with Gasteiger partial charge in [-0.05, 0) is 46.8 Å². The molecule has 1 aromatic rings. The Morgan fingerprint density at radius 2 is 2.33 bits per heavy atom. The Labute approximate surface area is 102 Å². The van der Waals surface area contributed by atoms with Gasteiger partial charge in [-0.3, -0.25) is 4.79 Å². The molecule has 0 saturated heterocycles. The number of rotatable bonds is 5. The summed E-state index contributed by atoms with van der Waals surface area (Å²) < 4.78 is 1.01. The molecule has 1 aliphatic carbocycles. The molecule has 4 heteroatoms. The van der Waals surface area contributed by atoms with Gasteiger partial charge < -0.3 is 5.32 Å². The first-order valence-electron chi connectivity index (χ1n) is 5.29. The lowest BCUT2D eigenvalue weighted by Crippen LogP contribution is -2.23. The maximum absolute atomic E-state index is 11.6. The van der Waals surface area contributed by atoms with Crippen LogP contribution < -0.4 is 5.32 Å². The Morgan fingerprint density at radius 1 is 1.53 bits per heavy atom. The second kappa shape index (κ2) is 5.12. The Kier molecular flexibility index (Phi) is 3.81. The zero-order valence-electron chi connectivity index (χ0n) is 8.46. The third-order valence-electron chi connectivity index (χ3n) is 2.57. The lowest BCUT2D eigenvalue weighted by atomic mass is 10.2. The number of nitrogens with one attached hydrogen (secondary N) is 1. The summed E-state index contributed by atoms with van der Waals surface area (Å²) in [4.78, 5) is 12.4. The topological polar surface area (TPSA) is 29.1 Å². The fraction of sp³-hybridized carbons (Fsp3) is 0.545. The molecule has 15 heavy (non-hydrogen) atoms. The van der Waals surface area contributed by atoms with E-state index in [1.165, 1.54) is 30.6 Å². The molecule has 1 fully saturated rings. The van der Waals surface area contributed by atoms with Gasteiger partial charge in [0.05, 0.1) is 8.66 Å². The van der Waals surface area contributed by atoms with Gasteiger partial charge in [-0.25, -0.2) is 0 Å². The van der Waals surface area contributed by atoms with E-state index in [1.54, 1.807) is 0 Å². The number of carbonyl (C=O) groups excluding carboxylic acids is 1. The highest BCUT2D eigenvalue weighted by atomic mass is 79.9. The van der Waals surface area contributed by atoms with E-state index in [0.29, 0.717) is 0 Å². The van der Waals surface area contributed by atoms with Gasteiger partial charge in [0.15, 0.2) is 0 Å². The fourth-order valence-electron chi connectivity index (χ4n) is 1.52. The van der Waals surface area contributed by atoms with Crippen molar-refractivity contribution in [3.63, 3.8) is 0 Å². The monoisotopic (exact) mass is 287 g/mol.